The summed E-state index contributed by atoms with van der Waals surface area (Å²) in [5.74, 6) is 6.74. The number of nitrogens with one attached hydrogen (secondary N) is 1. The van der Waals surface area contributed by atoms with Crippen molar-refractivity contribution in [1.29, 1.82) is 5.26 Å². The molecule has 4 saturated carbocycles. The summed E-state index contributed by atoms with van der Waals surface area (Å²) < 4.78 is 0. The zero-order valence-corrected chi connectivity index (χ0v) is 19.9. The van der Waals surface area contributed by atoms with E-state index in [9.17, 15) is 5.26 Å². The molecule has 0 aromatic heterocycles. The van der Waals surface area contributed by atoms with Gasteiger partial charge in [0.15, 0.2) is 0 Å². The molecule has 0 bridgehead atoms. The molecule has 0 heterocycles. The summed E-state index contributed by atoms with van der Waals surface area (Å²) in [7, 11) is 0. The van der Waals surface area contributed by atoms with Crippen molar-refractivity contribution in [3.05, 3.63) is 29.8 Å². The van der Waals surface area contributed by atoms with Crippen molar-refractivity contribution in [3.8, 4) is 6.07 Å². The number of hydrogen-bond acceptors (Lipinski definition) is 2. The van der Waals surface area contributed by atoms with Crippen LogP contribution in [0.2, 0.25) is 0 Å². The zero-order valence-electron chi connectivity index (χ0n) is 19.9. The number of nitrogens with zero attached hydrogens (tertiary/aromatic N) is 1. The van der Waals surface area contributed by atoms with Crippen molar-refractivity contribution in [3.63, 3.8) is 0 Å². The highest BCUT2D eigenvalue weighted by atomic mass is 14.9. The van der Waals surface area contributed by atoms with E-state index in [1.54, 1.807) is 0 Å². The zero-order chi connectivity index (χ0) is 21.6. The highest BCUT2D eigenvalue weighted by Crippen LogP contribution is 2.63. The molecule has 0 spiro atoms. The van der Waals surface area contributed by atoms with Gasteiger partial charge in [-0.15, -0.1) is 0 Å². The lowest BCUT2D eigenvalue weighted by Gasteiger charge is -2.61. The molecule has 2 nitrogen and oxygen atoms in total. The van der Waals surface area contributed by atoms with Crippen LogP contribution in [0.1, 0.15) is 90.5 Å². The van der Waals surface area contributed by atoms with Gasteiger partial charge < -0.3 is 5.32 Å². The van der Waals surface area contributed by atoms with Gasteiger partial charge in [0.25, 0.3) is 0 Å². The van der Waals surface area contributed by atoms with E-state index in [4.69, 9.17) is 0 Å². The maximum absolute atomic E-state index is 9.27. The minimum atomic E-state index is 0.463. The Balaban J connectivity index is 1.33. The SMILES string of the molecule is C[C@H]1CC[C@H]2C(CC[C@@H]3C2CC[C@@]2(C)C3CCC[C@@H]2[C@@H](C)Nc2cccc(C#N)c2)C1. The minimum absolute atomic E-state index is 0.463. The fraction of sp³-hybridized carbons (Fsp3) is 0.759. The molecule has 4 aliphatic rings. The molecular formula is C29H42N2. The number of nitriles is 1. The first-order valence-corrected chi connectivity index (χ1v) is 13.3. The topological polar surface area (TPSA) is 35.8 Å². The van der Waals surface area contributed by atoms with E-state index in [0.29, 0.717) is 11.5 Å². The van der Waals surface area contributed by atoms with Crippen LogP contribution in [-0.4, -0.2) is 6.04 Å². The monoisotopic (exact) mass is 418 g/mol. The van der Waals surface area contributed by atoms with Gasteiger partial charge in [-0.25, -0.2) is 0 Å². The quantitative estimate of drug-likeness (QED) is 0.547. The molecule has 31 heavy (non-hydrogen) atoms. The molecule has 4 fully saturated rings. The number of fused-ring (bicyclic) bond motifs is 5. The van der Waals surface area contributed by atoms with Crippen LogP contribution < -0.4 is 5.32 Å². The van der Waals surface area contributed by atoms with Crippen LogP contribution in [0.25, 0.3) is 0 Å². The Bertz CT molecular complexity index is 824. The van der Waals surface area contributed by atoms with Crippen molar-refractivity contribution in [2.45, 2.75) is 91.0 Å². The van der Waals surface area contributed by atoms with Crippen LogP contribution in [0.4, 0.5) is 5.69 Å². The van der Waals surface area contributed by atoms with Gasteiger partial charge in [-0.2, -0.15) is 5.26 Å². The molecule has 168 valence electrons. The summed E-state index contributed by atoms with van der Waals surface area (Å²) in [6.45, 7) is 7.56. The van der Waals surface area contributed by atoms with Crippen LogP contribution >= 0.6 is 0 Å². The lowest BCUT2D eigenvalue weighted by molar-refractivity contribution is -0.112. The number of rotatable bonds is 3. The largest absolute Gasteiger partial charge is 0.382 e. The van der Waals surface area contributed by atoms with Gasteiger partial charge >= 0.3 is 0 Å². The third kappa shape index (κ3) is 3.81. The van der Waals surface area contributed by atoms with Crippen molar-refractivity contribution in [1.82, 2.24) is 0 Å². The molecule has 9 atom stereocenters. The maximum atomic E-state index is 9.27. The van der Waals surface area contributed by atoms with Crippen LogP contribution in [0.15, 0.2) is 24.3 Å². The number of benzene rings is 1. The molecule has 0 aliphatic heterocycles. The van der Waals surface area contributed by atoms with Crippen molar-refractivity contribution in [2.24, 2.45) is 46.8 Å². The van der Waals surface area contributed by atoms with Crippen LogP contribution in [0.3, 0.4) is 0 Å². The summed E-state index contributed by atoms with van der Waals surface area (Å²) >= 11 is 0. The molecule has 1 N–H and O–H groups in total. The third-order valence-corrected chi connectivity index (χ3v) is 10.5. The van der Waals surface area contributed by atoms with E-state index in [0.717, 1.165) is 52.7 Å². The Morgan fingerprint density at radius 1 is 1.03 bits per heavy atom. The van der Waals surface area contributed by atoms with E-state index in [-0.39, 0.29) is 0 Å². The van der Waals surface area contributed by atoms with E-state index in [2.05, 4.69) is 38.2 Å². The molecule has 3 unspecified atom stereocenters. The van der Waals surface area contributed by atoms with Crippen LogP contribution in [0.5, 0.6) is 0 Å². The van der Waals surface area contributed by atoms with Crippen LogP contribution in [-0.2, 0) is 0 Å². The molecule has 0 amide bonds. The lowest BCUT2D eigenvalue weighted by atomic mass is 9.44. The molecule has 4 aliphatic carbocycles. The second kappa shape index (κ2) is 8.46. The molecule has 5 rings (SSSR count). The van der Waals surface area contributed by atoms with E-state index in [1.807, 2.05) is 18.2 Å². The molecule has 2 heteroatoms. The highest BCUT2D eigenvalue weighted by Gasteiger charge is 2.56. The Kier molecular flexibility index (Phi) is 5.83. The number of anilines is 1. The first-order chi connectivity index (χ1) is 15.0. The Hall–Kier alpha value is -1.49. The Morgan fingerprint density at radius 3 is 2.71 bits per heavy atom. The number of hydrogen-bond donors (Lipinski definition) is 1. The van der Waals surface area contributed by atoms with E-state index >= 15 is 0 Å². The molecular weight excluding hydrogens is 376 g/mol. The van der Waals surface area contributed by atoms with Crippen LogP contribution in [0, 0.1) is 58.2 Å². The van der Waals surface area contributed by atoms with E-state index < -0.39 is 0 Å². The summed E-state index contributed by atoms with van der Waals surface area (Å²) in [6, 6.07) is 10.8. The van der Waals surface area contributed by atoms with Crippen molar-refractivity contribution < 1.29 is 0 Å². The third-order valence-electron chi connectivity index (χ3n) is 10.5. The van der Waals surface area contributed by atoms with Crippen molar-refractivity contribution >= 4 is 5.69 Å². The molecule has 0 saturated heterocycles. The second-order valence-electron chi connectivity index (χ2n) is 12.1. The predicted octanol–water partition coefficient (Wildman–Crippen LogP) is 7.65. The smallest absolute Gasteiger partial charge is 0.0992 e. The van der Waals surface area contributed by atoms with Gasteiger partial charge in [0.05, 0.1) is 11.6 Å². The van der Waals surface area contributed by atoms with Gasteiger partial charge in [-0.3, -0.25) is 0 Å². The Morgan fingerprint density at radius 2 is 1.87 bits per heavy atom. The van der Waals surface area contributed by atoms with E-state index in [1.165, 1.54) is 64.2 Å². The maximum Gasteiger partial charge on any atom is 0.0992 e. The fourth-order valence-corrected chi connectivity index (χ4v) is 9.19. The Labute approximate surface area is 190 Å². The normalized spacial score (nSPS) is 43.0. The van der Waals surface area contributed by atoms with Crippen molar-refractivity contribution in [2.75, 3.05) is 5.32 Å². The van der Waals surface area contributed by atoms with Gasteiger partial charge in [0.2, 0.25) is 0 Å². The molecule has 1 aromatic carbocycles. The average molecular weight is 419 g/mol. The van der Waals surface area contributed by atoms with Gasteiger partial charge in [-0.1, -0.05) is 32.8 Å². The first kappa shape index (κ1) is 21.4. The highest BCUT2D eigenvalue weighted by molar-refractivity contribution is 5.49. The summed E-state index contributed by atoms with van der Waals surface area (Å²) in [4.78, 5) is 0. The van der Waals surface area contributed by atoms with Gasteiger partial charge in [0, 0.05) is 11.7 Å². The predicted molar refractivity (Wildman–Crippen MR) is 129 cm³/mol. The standard InChI is InChI=1S/C29H42N2/c1-19-10-12-24-22(16-19)11-13-26-25(24)14-15-29(3)27(8-5-9-28(26)29)20(2)31-23-7-4-6-21(17-23)18-30/h4,6-7,17,19-20,22,24-28,31H,5,8-16H2,1-3H3/t19-,20+,22?,24-,25?,26+,27+,28?,29+/m0/s1. The van der Waals surface area contributed by atoms with Gasteiger partial charge in [0.1, 0.15) is 0 Å². The summed E-state index contributed by atoms with van der Waals surface area (Å²) in [6.07, 6.45) is 14.7. The second-order valence-corrected chi connectivity index (χ2v) is 12.1. The summed E-state index contributed by atoms with van der Waals surface area (Å²) in [5, 5.41) is 13.1. The lowest BCUT2D eigenvalue weighted by Crippen LogP contribution is -2.55. The summed E-state index contributed by atoms with van der Waals surface area (Å²) in [5.41, 5.74) is 2.35. The molecule has 1 aromatic rings. The average Bonchev–Trinajstić information content (AvgIpc) is 2.77. The molecule has 0 radical (unpaired) electrons. The fourth-order valence-electron chi connectivity index (χ4n) is 9.19. The minimum Gasteiger partial charge on any atom is -0.382 e. The van der Waals surface area contributed by atoms with Gasteiger partial charge in [-0.05, 0) is 123 Å². The first-order valence-electron chi connectivity index (χ1n) is 13.3.